The lowest BCUT2D eigenvalue weighted by Crippen LogP contribution is -1.84. The second kappa shape index (κ2) is 3.53. The number of nitrogens with zero attached hydrogens (tertiary/aromatic N) is 1. The van der Waals surface area contributed by atoms with Crippen LogP contribution in [0.25, 0.3) is 22.4 Å². The molecule has 0 fully saturated rings. The average Bonchev–Trinajstić information content (AvgIpc) is 2.85. The van der Waals surface area contributed by atoms with Gasteiger partial charge in [0.15, 0.2) is 11.6 Å². The molecule has 3 N–H and O–H groups in total. The lowest BCUT2D eigenvalue weighted by Gasteiger charge is -1.92. The number of aromatic nitrogens is 2. The number of rotatable bonds is 1. The predicted molar refractivity (Wildman–Crippen MR) is 63.7 cm³/mol. The maximum Gasteiger partial charge on any atom is 0.161 e. The number of nitrogens with two attached hydrogens (primary N) is 1. The molecule has 0 amide bonds. The number of thiophene rings is 1. The first-order chi connectivity index (χ1) is 8.15. The van der Waals surface area contributed by atoms with Crippen molar-refractivity contribution >= 4 is 27.4 Å². The van der Waals surface area contributed by atoms with Gasteiger partial charge in [0, 0.05) is 12.1 Å². The smallest absolute Gasteiger partial charge is 0.161 e. The highest BCUT2D eigenvalue weighted by atomic mass is 32.1. The summed E-state index contributed by atoms with van der Waals surface area (Å²) >= 11 is 1.39. The highest BCUT2D eigenvalue weighted by Gasteiger charge is 2.12. The van der Waals surface area contributed by atoms with E-state index < -0.39 is 11.6 Å². The van der Waals surface area contributed by atoms with Crippen LogP contribution in [0.4, 0.5) is 13.8 Å². The van der Waals surface area contributed by atoms with Crippen molar-refractivity contribution in [1.29, 1.82) is 0 Å². The summed E-state index contributed by atoms with van der Waals surface area (Å²) in [5.74, 6) is -1.29. The number of anilines is 1. The van der Waals surface area contributed by atoms with Crippen molar-refractivity contribution in [3.63, 3.8) is 0 Å². The molecule has 0 aliphatic carbocycles. The molecule has 3 nitrogen and oxygen atoms in total. The molecule has 0 aliphatic heterocycles. The van der Waals surface area contributed by atoms with E-state index in [2.05, 4.69) is 9.97 Å². The summed E-state index contributed by atoms with van der Waals surface area (Å²) in [6.45, 7) is 0. The fourth-order valence-corrected chi connectivity index (χ4v) is 2.29. The predicted octanol–water partition coefficient (Wildman–Crippen LogP) is 3.15. The molecule has 0 spiro atoms. The van der Waals surface area contributed by atoms with Crippen LogP contribution in [0.1, 0.15) is 0 Å². The Morgan fingerprint density at radius 2 is 2.00 bits per heavy atom. The summed E-state index contributed by atoms with van der Waals surface area (Å²) in [6.07, 6.45) is 0. The molecule has 86 valence electrons. The molecule has 0 radical (unpaired) electrons. The number of aromatic amines is 1. The average molecular weight is 251 g/mol. The Morgan fingerprint density at radius 3 is 2.71 bits per heavy atom. The van der Waals surface area contributed by atoms with E-state index in [0.29, 0.717) is 21.9 Å². The van der Waals surface area contributed by atoms with Crippen molar-refractivity contribution in [2.45, 2.75) is 0 Å². The van der Waals surface area contributed by atoms with Crippen LogP contribution in [0, 0.1) is 11.6 Å². The van der Waals surface area contributed by atoms with Gasteiger partial charge in [-0.1, -0.05) is 0 Å². The highest BCUT2D eigenvalue weighted by molar-refractivity contribution is 7.14. The van der Waals surface area contributed by atoms with E-state index in [-0.39, 0.29) is 0 Å². The monoisotopic (exact) mass is 251 g/mol. The molecule has 0 unspecified atom stereocenters. The minimum atomic E-state index is -0.908. The molecule has 0 bridgehead atoms. The number of H-pyrrole nitrogens is 1. The van der Waals surface area contributed by atoms with Crippen molar-refractivity contribution in [1.82, 2.24) is 9.97 Å². The minimum Gasteiger partial charge on any atom is -0.390 e. The third-order valence-corrected chi connectivity index (χ3v) is 3.22. The van der Waals surface area contributed by atoms with E-state index in [4.69, 9.17) is 5.73 Å². The molecule has 2 aromatic heterocycles. The molecule has 1 aromatic carbocycles. The van der Waals surface area contributed by atoms with E-state index in [0.717, 1.165) is 17.7 Å². The molecule has 3 rings (SSSR count). The summed E-state index contributed by atoms with van der Waals surface area (Å²) in [5, 5.41) is 2.45. The molecular weight excluding hydrogens is 244 g/mol. The van der Waals surface area contributed by atoms with Crippen LogP contribution in [-0.2, 0) is 0 Å². The van der Waals surface area contributed by atoms with Gasteiger partial charge in [0.2, 0.25) is 0 Å². The topological polar surface area (TPSA) is 54.7 Å². The van der Waals surface area contributed by atoms with Gasteiger partial charge in [-0.2, -0.15) is 0 Å². The van der Waals surface area contributed by atoms with Gasteiger partial charge in [-0.15, -0.1) is 11.3 Å². The normalized spacial score (nSPS) is 11.2. The van der Waals surface area contributed by atoms with Gasteiger partial charge in [-0.3, -0.25) is 0 Å². The lowest BCUT2D eigenvalue weighted by atomic mass is 10.3. The van der Waals surface area contributed by atoms with Crippen LogP contribution in [0.3, 0.4) is 0 Å². The van der Waals surface area contributed by atoms with Crippen LogP contribution >= 0.6 is 11.3 Å². The van der Waals surface area contributed by atoms with E-state index in [9.17, 15) is 8.78 Å². The van der Waals surface area contributed by atoms with Crippen molar-refractivity contribution in [2.75, 3.05) is 5.73 Å². The first-order valence-electron chi connectivity index (χ1n) is 4.83. The van der Waals surface area contributed by atoms with E-state index >= 15 is 0 Å². The Bertz CT molecular complexity index is 663. The first kappa shape index (κ1) is 10.2. The first-order valence-corrected chi connectivity index (χ1v) is 5.71. The van der Waals surface area contributed by atoms with E-state index in [1.165, 1.54) is 11.3 Å². The van der Waals surface area contributed by atoms with Crippen LogP contribution < -0.4 is 5.73 Å². The minimum absolute atomic E-state index is 0.379. The van der Waals surface area contributed by atoms with Crippen LogP contribution in [-0.4, -0.2) is 9.97 Å². The zero-order chi connectivity index (χ0) is 12.0. The Balaban J connectivity index is 2.24. The number of hydrogen-bond donors (Lipinski definition) is 2. The van der Waals surface area contributed by atoms with Crippen LogP contribution in [0.5, 0.6) is 0 Å². The number of nitrogens with one attached hydrogen (secondary N) is 1. The zero-order valence-corrected chi connectivity index (χ0v) is 9.31. The van der Waals surface area contributed by atoms with Crippen LogP contribution in [0.2, 0.25) is 0 Å². The zero-order valence-electron chi connectivity index (χ0n) is 8.50. The van der Waals surface area contributed by atoms with Gasteiger partial charge in [0.05, 0.1) is 21.6 Å². The summed E-state index contributed by atoms with van der Waals surface area (Å²) in [5.41, 5.74) is 7.33. The van der Waals surface area contributed by atoms with Gasteiger partial charge in [-0.25, -0.2) is 13.8 Å². The molecule has 0 saturated carbocycles. The second-order valence-electron chi connectivity index (χ2n) is 3.57. The maximum absolute atomic E-state index is 13.0. The van der Waals surface area contributed by atoms with Gasteiger partial charge < -0.3 is 10.7 Å². The number of benzene rings is 1. The fourth-order valence-electron chi connectivity index (χ4n) is 1.65. The maximum atomic E-state index is 13.0. The SMILES string of the molecule is Nc1sccc1-c1nc2cc(F)c(F)cc2[nH]1. The fraction of sp³-hybridized carbons (Fsp3) is 0. The summed E-state index contributed by atoms with van der Waals surface area (Å²) in [7, 11) is 0. The third-order valence-electron chi connectivity index (χ3n) is 2.47. The molecule has 0 atom stereocenters. The summed E-state index contributed by atoms with van der Waals surface area (Å²) < 4.78 is 26.1. The van der Waals surface area contributed by atoms with Crippen molar-refractivity contribution < 1.29 is 8.78 Å². The molecule has 2 heterocycles. The molecule has 17 heavy (non-hydrogen) atoms. The number of halogens is 2. The highest BCUT2D eigenvalue weighted by Crippen LogP contribution is 2.30. The van der Waals surface area contributed by atoms with Gasteiger partial charge in [0.1, 0.15) is 5.82 Å². The lowest BCUT2D eigenvalue weighted by molar-refractivity contribution is 0.510. The van der Waals surface area contributed by atoms with Gasteiger partial charge in [0.25, 0.3) is 0 Å². The largest absolute Gasteiger partial charge is 0.390 e. The second-order valence-corrected chi connectivity index (χ2v) is 4.52. The Morgan fingerprint density at radius 1 is 1.24 bits per heavy atom. The summed E-state index contributed by atoms with van der Waals surface area (Å²) in [6, 6.07) is 3.96. The Kier molecular flexibility index (Phi) is 2.12. The third kappa shape index (κ3) is 1.57. The molecule has 0 saturated heterocycles. The number of nitrogen functional groups attached to an aromatic ring is 1. The number of fused-ring (bicyclic) bond motifs is 1. The number of imidazole rings is 1. The molecule has 6 heteroatoms. The van der Waals surface area contributed by atoms with Gasteiger partial charge in [-0.05, 0) is 11.4 Å². The van der Waals surface area contributed by atoms with Crippen molar-refractivity contribution in [2.24, 2.45) is 0 Å². The van der Waals surface area contributed by atoms with Gasteiger partial charge >= 0.3 is 0 Å². The van der Waals surface area contributed by atoms with Crippen molar-refractivity contribution in [3.05, 3.63) is 35.2 Å². The quantitative estimate of drug-likeness (QED) is 0.698. The molecular formula is C11H7F2N3S. The Labute approximate surface area is 98.9 Å². The Hall–Kier alpha value is -1.95. The molecule has 0 aliphatic rings. The van der Waals surface area contributed by atoms with E-state index in [1.54, 1.807) is 0 Å². The molecule has 3 aromatic rings. The summed E-state index contributed by atoms with van der Waals surface area (Å²) in [4.78, 5) is 7.10. The van der Waals surface area contributed by atoms with Crippen molar-refractivity contribution in [3.8, 4) is 11.4 Å². The van der Waals surface area contributed by atoms with Crippen LogP contribution in [0.15, 0.2) is 23.6 Å². The van der Waals surface area contributed by atoms with E-state index in [1.807, 2.05) is 11.4 Å². The standard InChI is InChI=1S/C11H7F2N3S/c12-6-3-8-9(4-7(6)13)16-11(15-8)5-1-2-17-10(5)14/h1-4H,14H2,(H,15,16). The number of hydrogen-bond acceptors (Lipinski definition) is 3.